The molecule has 0 unspecified atom stereocenters. The Kier molecular flexibility index (Phi) is 4.66. The monoisotopic (exact) mass is 198 g/mol. The zero-order valence-corrected chi connectivity index (χ0v) is 8.50. The molecule has 0 amide bonds. The Bertz CT molecular complexity index is 203. The number of aliphatic carboxylic acids is 1. The van der Waals surface area contributed by atoms with Gasteiger partial charge in [0.1, 0.15) is 0 Å². The van der Waals surface area contributed by atoms with Crippen LogP contribution in [0.3, 0.4) is 0 Å². The van der Waals surface area contributed by atoms with Crippen molar-refractivity contribution in [1.29, 1.82) is 0 Å². The molecule has 0 saturated heterocycles. The van der Waals surface area contributed by atoms with Crippen LogP contribution in [-0.2, 0) is 9.53 Å². The van der Waals surface area contributed by atoms with Gasteiger partial charge in [-0.15, -0.1) is 0 Å². The van der Waals surface area contributed by atoms with E-state index in [0.29, 0.717) is 0 Å². The molecule has 0 atom stereocenters. The Morgan fingerprint density at radius 2 is 1.86 bits per heavy atom. The highest BCUT2D eigenvalue weighted by Gasteiger charge is 2.14. The molecule has 1 aliphatic rings. The van der Waals surface area contributed by atoms with Crippen LogP contribution in [0.2, 0.25) is 0 Å². The van der Waals surface area contributed by atoms with Gasteiger partial charge in [0.25, 0.3) is 0 Å². The van der Waals surface area contributed by atoms with Gasteiger partial charge in [-0.3, -0.25) is 0 Å². The summed E-state index contributed by atoms with van der Waals surface area (Å²) in [5, 5.41) is 8.59. The predicted octanol–water partition coefficient (Wildman–Crippen LogP) is 2.37. The maximum Gasteiger partial charge on any atom is 0.333 e. The summed E-state index contributed by atoms with van der Waals surface area (Å²) < 4.78 is 5.51. The van der Waals surface area contributed by atoms with E-state index in [2.05, 4.69) is 6.58 Å². The normalized spacial score (nSPS) is 18.9. The van der Waals surface area contributed by atoms with E-state index < -0.39 is 5.97 Å². The number of hydrogen-bond acceptors (Lipinski definition) is 2. The minimum absolute atomic E-state index is 0.147. The third kappa shape index (κ3) is 3.92. The molecule has 0 heterocycles. The van der Waals surface area contributed by atoms with Crippen molar-refractivity contribution in [3.63, 3.8) is 0 Å². The van der Waals surface area contributed by atoms with Crippen molar-refractivity contribution >= 4 is 5.97 Å². The summed E-state index contributed by atoms with van der Waals surface area (Å²) in [6, 6.07) is 0. The second-order valence-electron chi connectivity index (χ2n) is 3.83. The van der Waals surface area contributed by atoms with Gasteiger partial charge in [0.2, 0.25) is 0 Å². The zero-order valence-electron chi connectivity index (χ0n) is 8.50. The Hall–Kier alpha value is -0.830. The standard InChI is InChI=1S/C11H18O3/c1-9(11(12)13)8-14-10-6-4-2-3-5-7-10/h10H,1-8H2,(H,12,13). The molecular weight excluding hydrogens is 180 g/mol. The molecule has 0 bridgehead atoms. The predicted molar refractivity (Wildman–Crippen MR) is 54.2 cm³/mol. The fraction of sp³-hybridized carbons (Fsp3) is 0.727. The topological polar surface area (TPSA) is 46.5 Å². The summed E-state index contributed by atoms with van der Waals surface area (Å²) >= 11 is 0. The van der Waals surface area contributed by atoms with Crippen LogP contribution in [-0.4, -0.2) is 23.8 Å². The molecule has 0 aromatic heterocycles. The fourth-order valence-electron chi connectivity index (χ4n) is 1.69. The lowest BCUT2D eigenvalue weighted by Crippen LogP contribution is -2.16. The van der Waals surface area contributed by atoms with Crippen molar-refractivity contribution in [3.8, 4) is 0 Å². The number of ether oxygens (including phenoxy) is 1. The van der Waals surface area contributed by atoms with E-state index >= 15 is 0 Å². The van der Waals surface area contributed by atoms with Crippen molar-refractivity contribution in [1.82, 2.24) is 0 Å². The molecule has 1 fully saturated rings. The van der Waals surface area contributed by atoms with Crippen LogP contribution in [0.5, 0.6) is 0 Å². The smallest absolute Gasteiger partial charge is 0.333 e. The Balaban J connectivity index is 2.22. The van der Waals surface area contributed by atoms with Crippen molar-refractivity contribution < 1.29 is 14.6 Å². The molecule has 14 heavy (non-hydrogen) atoms. The van der Waals surface area contributed by atoms with Crippen molar-refractivity contribution in [2.75, 3.05) is 6.61 Å². The molecule has 1 rings (SSSR count). The first kappa shape index (κ1) is 11.2. The van der Waals surface area contributed by atoms with Crippen LogP contribution in [0.4, 0.5) is 0 Å². The first-order valence-corrected chi connectivity index (χ1v) is 5.23. The van der Waals surface area contributed by atoms with Crippen molar-refractivity contribution in [3.05, 3.63) is 12.2 Å². The van der Waals surface area contributed by atoms with E-state index in [1.807, 2.05) is 0 Å². The van der Waals surface area contributed by atoms with E-state index in [1.165, 1.54) is 25.7 Å². The minimum atomic E-state index is -0.960. The van der Waals surface area contributed by atoms with Crippen molar-refractivity contribution in [2.45, 2.75) is 44.6 Å². The summed E-state index contributed by atoms with van der Waals surface area (Å²) in [5.41, 5.74) is 0.147. The molecular formula is C11H18O3. The van der Waals surface area contributed by atoms with Gasteiger partial charge in [-0.2, -0.15) is 0 Å². The molecule has 0 spiro atoms. The molecule has 1 aliphatic carbocycles. The van der Waals surface area contributed by atoms with E-state index in [9.17, 15) is 4.79 Å². The van der Waals surface area contributed by atoms with Crippen LogP contribution < -0.4 is 0 Å². The number of carboxylic acid groups (broad SMARTS) is 1. The van der Waals surface area contributed by atoms with Crippen LogP contribution in [0, 0.1) is 0 Å². The lowest BCUT2D eigenvalue weighted by atomic mass is 10.1. The highest BCUT2D eigenvalue weighted by atomic mass is 16.5. The van der Waals surface area contributed by atoms with Crippen LogP contribution in [0.15, 0.2) is 12.2 Å². The van der Waals surface area contributed by atoms with Gasteiger partial charge in [-0.1, -0.05) is 32.3 Å². The largest absolute Gasteiger partial charge is 0.478 e. The fourth-order valence-corrected chi connectivity index (χ4v) is 1.69. The third-order valence-corrected chi connectivity index (χ3v) is 2.60. The van der Waals surface area contributed by atoms with Crippen LogP contribution in [0.1, 0.15) is 38.5 Å². The van der Waals surface area contributed by atoms with E-state index in [-0.39, 0.29) is 18.3 Å². The maximum absolute atomic E-state index is 10.5. The van der Waals surface area contributed by atoms with Crippen LogP contribution >= 0.6 is 0 Å². The third-order valence-electron chi connectivity index (χ3n) is 2.60. The molecule has 1 N–H and O–H groups in total. The first-order valence-electron chi connectivity index (χ1n) is 5.23. The van der Waals surface area contributed by atoms with Gasteiger partial charge in [0.15, 0.2) is 0 Å². The Morgan fingerprint density at radius 3 is 2.36 bits per heavy atom. The lowest BCUT2D eigenvalue weighted by Gasteiger charge is -2.14. The SMILES string of the molecule is C=C(COC1CCCCCC1)C(=O)O. The van der Waals surface area contributed by atoms with Gasteiger partial charge in [-0.05, 0) is 12.8 Å². The van der Waals surface area contributed by atoms with Gasteiger partial charge >= 0.3 is 5.97 Å². The summed E-state index contributed by atoms with van der Waals surface area (Å²) in [6.07, 6.45) is 7.32. The number of carboxylic acids is 1. The average molecular weight is 198 g/mol. The van der Waals surface area contributed by atoms with Crippen molar-refractivity contribution in [2.24, 2.45) is 0 Å². The molecule has 3 nitrogen and oxygen atoms in total. The zero-order chi connectivity index (χ0) is 10.4. The van der Waals surface area contributed by atoms with E-state index in [0.717, 1.165) is 12.8 Å². The molecule has 1 saturated carbocycles. The lowest BCUT2D eigenvalue weighted by molar-refractivity contribution is -0.133. The van der Waals surface area contributed by atoms with E-state index in [4.69, 9.17) is 9.84 Å². The number of carbonyl (C=O) groups is 1. The minimum Gasteiger partial charge on any atom is -0.478 e. The quantitative estimate of drug-likeness (QED) is 0.557. The first-order chi connectivity index (χ1) is 6.70. The Labute approximate surface area is 84.8 Å². The maximum atomic E-state index is 10.5. The molecule has 0 aliphatic heterocycles. The second-order valence-corrected chi connectivity index (χ2v) is 3.83. The average Bonchev–Trinajstić information content (AvgIpc) is 2.42. The van der Waals surface area contributed by atoms with Gasteiger partial charge in [0.05, 0.1) is 18.3 Å². The van der Waals surface area contributed by atoms with Gasteiger partial charge in [0, 0.05) is 0 Å². The van der Waals surface area contributed by atoms with Crippen LogP contribution in [0.25, 0.3) is 0 Å². The molecule has 0 aromatic rings. The Morgan fingerprint density at radius 1 is 1.29 bits per heavy atom. The second kappa shape index (κ2) is 5.81. The highest BCUT2D eigenvalue weighted by molar-refractivity contribution is 5.85. The van der Waals surface area contributed by atoms with Gasteiger partial charge in [-0.25, -0.2) is 4.79 Å². The number of rotatable bonds is 4. The molecule has 3 heteroatoms. The van der Waals surface area contributed by atoms with Gasteiger partial charge < -0.3 is 9.84 Å². The summed E-state index contributed by atoms with van der Waals surface area (Å²) in [7, 11) is 0. The summed E-state index contributed by atoms with van der Waals surface area (Å²) in [4.78, 5) is 10.5. The molecule has 0 aromatic carbocycles. The summed E-state index contributed by atoms with van der Waals surface area (Å²) in [5.74, 6) is -0.960. The van der Waals surface area contributed by atoms with E-state index in [1.54, 1.807) is 0 Å². The summed E-state index contributed by atoms with van der Waals surface area (Å²) in [6.45, 7) is 3.60. The highest BCUT2D eigenvalue weighted by Crippen LogP contribution is 2.20. The molecule has 80 valence electrons. The number of hydrogen-bond donors (Lipinski definition) is 1. The molecule has 0 radical (unpaired) electrons.